The van der Waals surface area contributed by atoms with Crippen LogP contribution in [0.15, 0.2) is 54.6 Å². The van der Waals surface area contributed by atoms with E-state index < -0.39 is 0 Å². The van der Waals surface area contributed by atoms with E-state index in [0.29, 0.717) is 16.8 Å². The van der Waals surface area contributed by atoms with Crippen LogP contribution in [0.25, 0.3) is 10.8 Å². The molecule has 0 unspecified atom stereocenters. The zero-order valence-electron chi connectivity index (χ0n) is 18.4. The Morgan fingerprint density at radius 3 is 2.23 bits per heavy atom. The Morgan fingerprint density at radius 2 is 1.55 bits per heavy atom. The van der Waals surface area contributed by atoms with Crippen LogP contribution in [0.3, 0.4) is 0 Å². The molecule has 0 spiro atoms. The van der Waals surface area contributed by atoms with E-state index in [9.17, 15) is 9.59 Å². The number of rotatable bonds is 8. The van der Waals surface area contributed by atoms with E-state index in [1.807, 2.05) is 61.5 Å². The number of aryl methyl sites for hydroxylation is 1. The second-order valence-corrected chi connectivity index (χ2v) is 7.98. The van der Waals surface area contributed by atoms with Crippen molar-refractivity contribution in [1.82, 2.24) is 4.90 Å². The number of hydrogen-bond donors (Lipinski definition) is 1. The summed E-state index contributed by atoms with van der Waals surface area (Å²) >= 11 is 0. The minimum absolute atomic E-state index is 0.273. The van der Waals surface area contributed by atoms with Crippen LogP contribution in [0.4, 0.5) is 11.4 Å². The first-order valence-electron chi connectivity index (χ1n) is 11.0. The lowest BCUT2D eigenvalue weighted by Gasteiger charge is -2.28. The number of benzene rings is 3. The van der Waals surface area contributed by atoms with Crippen LogP contribution < -0.4 is 10.2 Å². The van der Waals surface area contributed by atoms with Gasteiger partial charge in [-0.05, 0) is 63.3 Å². The van der Waals surface area contributed by atoms with E-state index in [4.69, 9.17) is 0 Å². The Morgan fingerprint density at radius 1 is 0.871 bits per heavy atom. The van der Waals surface area contributed by atoms with Gasteiger partial charge in [0.05, 0.1) is 5.69 Å². The molecule has 1 aliphatic heterocycles. The fraction of sp³-hybridized carbons (Fsp3) is 0.308. The van der Waals surface area contributed by atoms with Crippen LogP contribution in [0.1, 0.15) is 46.5 Å². The maximum Gasteiger partial charge on any atom is 0.265 e. The highest BCUT2D eigenvalue weighted by molar-refractivity contribution is 6.36. The molecule has 3 aromatic carbocycles. The van der Waals surface area contributed by atoms with Crippen molar-refractivity contribution in [2.24, 2.45) is 0 Å². The van der Waals surface area contributed by atoms with Gasteiger partial charge in [-0.1, -0.05) is 43.7 Å². The predicted octanol–water partition coefficient (Wildman–Crippen LogP) is 5.09. The molecule has 1 heterocycles. The van der Waals surface area contributed by atoms with Crippen molar-refractivity contribution in [3.63, 3.8) is 0 Å². The van der Waals surface area contributed by atoms with Gasteiger partial charge in [-0.15, -0.1) is 0 Å². The lowest BCUT2D eigenvalue weighted by molar-refractivity contribution is 0.0893. The van der Waals surface area contributed by atoms with Gasteiger partial charge in [0.15, 0.2) is 0 Å². The molecule has 1 N–H and O–H groups in total. The molecule has 2 amide bonds. The third kappa shape index (κ3) is 3.93. The molecule has 1 aliphatic rings. The van der Waals surface area contributed by atoms with E-state index in [-0.39, 0.29) is 11.8 Å². The Kier molecular flexibility index (Phi) is 6.05. The second-order valence-electron chi connectivity index (χ2n) is 7.98. The van der Waals surface area contributed by atoms with Gasteiger partial charge < -0.3 is 10.2 Å². The Bertz CT molecular complexity index is 1100. The molecule has 4 rings (SSSR count). The fourth-order valence-electron chi connectivity index (χ4n) is 4.24. The van der Waals surface area contributed by atoms with Crippen molar-refractivity contribution in [3.05, 3.63) is 71.3 Å². The molecule has 0 aromatic heterocycles. The van der Waals surface area contributed by atoms with Crippen LogP contribution in [0, 0.1) is 6.92 Å². The summed E-state index contributed by atoms with van der Waals surface area (Å²) in [5.41, 5.74) is 3.78. The van der Waals surface area contributed by atoms with Crippen molar-refractivity contribution in [2.75, 3.05) is 36.4 Å². The fourth-order valence-corrected chi connectivity index (χ4v) is 4.24. The Labute approximate surface area is 183 Å². The SMILES string of the molecule is CCN(CC)CCCNc1ccc2c3c(cccc13)C(=O)N(c1ccc(C)cc1)C2=O. The van der Waals surface area contributed by atoms with Gasteiger partial charge in [-0.2, -0.15) is 0 Å². The molecule has 0 saturated carbocycles. The van der Waals surface area contributed by atoms with E-state index in [1.54, 1.807) is 0 Å². The lowest BCUT2D eigenvalue weighted by atomic mass is 9.92. The number of carbonyl (C=O) groups excluding carboxylic acids is 2. The Balaban J connectivity index is 1.64. The monoisotopic (exact) mass is 415 g/mol. The van der Waals surface area contributed by atoms with Crippen LogP contribution in [0.2, 0.25) is 0 Å². The second kappa shape index (κ2) is 8.90. The van der Waals surface area contributed by atoms with Crippen LogP contribution >= 0.6 is 0 Å². The van der Waals surface area contributed by atoms with E-state index in [0.717, 1.165) is 54.6 Å². The summed E-state index contributed by atoms with van der Waals surface area (Å²) < 4.78 is 0. The molecule has 0 bridgehead atoms. The smallest absolute Gasteiger partial charge is 0.265 e. The topological polar surface area (TPSA) is 52.7 Å². The van der Waals surface area contributed by atoms with Gasteiger partial charge in [0, 0.05) is 34.1 Å². The molecule has 0 aliphatic carbocycles. The lowest BCUT2D eigenvalue weighted by Crippen LogP contribution is -2.40. The molecule has 0 radical (unpaired) electrons. The van der Waals surface area contributed by atoms with Crippen LogP contribution in [-0.2, 0) is 0 Å². The third-order valence-corrected chi connectivity index (χ3v) is 6.06. The number of imide groups is 1. The van der Waals surface area contributed by atoms with Crippen molar-refractivity contribution >= 4 is 34.0 Å². The van der Waals surface area contributed by atoms with Crippen molar-refractivity contribution in [1.29, 1.82) is 0 Å². The maximum absolute atomic E-state index is 13.3. The molecular weight excluding hydrogens is 386 g/mol. The standard InChI is InChI=1S/C26H29N3O2/c1-4-28(5-2)17-7-16-27-23-15-14-22-24-20(23)8-6-9-21(24)25(30)29(26(22)31)19-12-10-18(3)11-13-19/h6,8-15,27H,4-5,7,16-17H2,1-3H3. The highest BCUT2D eigenvalue weighted by Crippen LogP contribution is 2.36. The number of anilines is 2. The molecule has 0 saturated heterocycles. The van der Waals surface area contributed by atoms with Crippen LogP contribution in [0.5, 0.6) is 0 Å². The summed E-state index contributed by atoms with van der Waals surface area (Å²) in [5.74, 6) is -0.545. The molecule has 160 valence electrons. The van der Waals surface area contributed by atoms with Gasteiger partial charge in [-0.3, -0.25) is 9.59 Å². The van der Waals surface area contributed by atoms with E-state index >= 15 is 0 Å². The average Bonchev–Trinajstić information content (AvgIpc) is 2.79. The number of hydrogen-bond acceptors (Lipinski definition) is 4. The first kappa shape index (κ1) is 21.1. The Hall–Kier alpha value is -3.18. The molecule has 3 aromatic rings. The summed E-state index contributed by atoms with van der Waals surface area (Å²) in [6.45, 7) is 10.3. The van der Waals surface area contributed by atoms with E-state index in [2.05, 4.69) is 24.1 Å². The normalized spacial score (nSPS) is 13.4. The number of carbonyl (C=O) groups is 2. The summed E-state index contributed by atoms with van der Waals surface area (Å²) in [6.07, 6.45) is 1.03. The van der Waals surface area contributed by atoms with Gasteiger partial charge in [-0.25, -0.2) is 4.90 Å². The zero-order valence-corrected chi connectivity index (χ0v) is 18.4. The first-order chi connectivity index (χ1) is 15.0. The summed E-state index contributed by atoms with van der Waals surface area (Å²) in [7, 11) is 0. The van der Waals surface area contributed by atoms with Gasteiger partial charge in [0.1, 0.15) is 0 Å². The number of nitrogens with zero attached hydrogens (tertiary/aromatic N) is 2. The third-order valence-electron chi connectivity index (χ3n) is 6.06. The largest absolute Gasteiger partial charge is 0.384 e. The molecule has 0 fully saturated rings. The molecular formula is C26H29N3O2. The maximum atomic E-state index is 13.3. The van der Waals surface area contributed by atoms with E-state index in [1.165, 1.54) is 4.90 Å². The molecule has 0 atom stereocenters. The van der Waals surface area contributed by atoms with Crippen LogP contribution in [-0.4, -0.2) is 42.9 Å². The van der Waals surface area contributed by atoms with Crippen molar-refractivity contribution < 1.29 is 9.59 Å². The van der Waals surface area contributed by atoms with Gasteiger partial charge >= 0.3 is 0 Å². The minimum Gasteiger partial charge on any atom is -0.384 e. The number of nitrogens with one attached hydrogen (secondary N) is 1. The highest BCUT2D eigenvalue weighted by atomic mass is 16.2. The van der Waals surface area contributed by atoms with Crippen molar-refractivity contribution in [3.8, 4) is 0 Å². The minimum atomic E-state index is -0.273. The van der Waals surface area contributed by atoms with Crippen molar-refractivity contribution in [2.45, 2.75) is 27.2 Å². The zero-order chi connectivity index (χ0) is 22.0. The number of amides is 2. The molecule has 31 heavy (non-hydrogen) atoms. The molecule has 5 nitrogen and oxygen atoms in total. The van der Waals surface area contributed by atoms with Gasteiger partial charge in [0.2, 0.25) is 0 Å². The highest BCUT2D eigenvalue weighted by Gasteiger charge is 2.34. The summed E-state index contributed by atoms with van der Waals surface area (Å²) in [6, 6.07) is 17.0. The average molecular weight is 416 g/mol. The molecule has 5 heteroatoms. The predicted molar refractivity (Wildman–Crippen MR) is 127 cm³/mol. The summed E-state index contributed by atoms with van der Waals surface area (Å²) in [4.78, 5) is 30.3. The van der Waals surface area contributed by atoms with Gasteiger partial charge in [0.25, 0.3) is 11.8 Å². The first-order valence-corrected chi connectivity index (χ1v) is 11.0. The quantitative estimate of drug-likeness (QED) is 0.411. The summed E-state index contributed by atoms with van der Waals surface area (Å²) in [5, 5.41) is 5.17.